The number of carbonyl (C=O) groups excluding carboxylic acids is 4. The van der Waals surface area contributed by atoms with Crippen molar-refractivity contribution in [2.75, 3.05) is 5.32 Å². The lowest BCUT2D eigenvalue weighted by molar-refractivity contribution is -0.136. The van der Waals surface area contributed by atoms with Gasteiger partial charge >= 0.3 is 0 Å². The number of piperidine rings is 1. The maximum Gasteiger partial charge on any atom is 0.256 e. The molecule has 3 aliphatic rings. The van der Waals surface area contributed by atoms with Gasteiger partial charge in [-0.15, -0.1) is 0 Å². The Hall–Kier alpha value is -3.49. The Bertz CT molecular complexity index is 1090. The number of anilines is 1. The van der Waals surface area contributed by atoms with Crippen LogP contribution < -0.4 is 10.6 Å². The third-order valence-electron chi connectivity index (χ3n) is 6.00. The lowest BCUT2D eigenvalue weighted by Crippen LogP contribution is -2.52. The summed E-state index contributed by atoms with van der Waals surface area (Å²) >= 11 is 0. The van der Waals surface area contributed by atoms with E-state index in [1.54, 1.807) is 24.4 Å². The minimum absolute atomic E-state index is 0.208. The summed E-state index contributed by atoms with van der Waals surface area (Å²) in [5.74, 6) is 0.374. The van der Waals surface area contributed by atoms with E-state index in [0.717, 1.165) is 31.6 Å². The van der Waals surface area contributed by atoms with E-state index >= 15 is 0 Å². The number of imide groups is 1. The number of benzene rings is 1. The first-order valence-corrected chi connectivity index (χ1v) is 10.1. The summed E-state index contributed by atoms with van der Waals surface area (Å²) < 4.78 is 2.03. The minimum Gasteiger partial charge on any atom is -0.322 e. The first-order valence-electron chi connectivity index (χ1n) is 10.1. The Morgan fingerprint density at radius 1 is 1.17 bits per heavy atom. The van der Waals surface area contributed by atoms with Gasteiger partial charge in [0.05, 0.1) is 6.20 Å². The van der Waals surface area contributed by atoms with Gasteiger partial charge in [0.15, 0.2) is 0 Å². The molecule has 0 bridgehead atoms. The molecule has 9 nitrogen and oxygen atoms in total. The normalized spacial score (nSPS) is 20.6. The molecule has 9 heteroatoms. The number of amides is 4. The molecule has 0 saturated carbocycles. The Morgan fingerprint density at radius 3 is 2.87 bits per heavy atom. The number of nitrogens with zero attached hydrogens (tertiary/aromatic N) is 3. The summed E-state index contributed by atoms with van der Waals surface area (Å²) in [7, 11) is 0. The monoisotopic (exact) mass is 407 g/mol. The van der Waals surface area contributed by atoms with Crippen LogP contribution in [0.5, 0.6) is 0 Å². The first-order chi connectivity index (χ1) is 14.5. The Morgan fingerprint density at radius 2 is 2.03 bits per heavy atom. The highest BCUT2D eigenvalue weighted by molar-refractivity contribution is 6.07. The molecule has 2 N–H and O–H groups in total. The molecule has 30 heavy (non-hydrogen) atoms. The maximum atomic E-state index is 12.8. The molecule has 154 valence electrons. The largest absolute Gasteiger partial charge is 0.322 e. The van der Waals surface area contributed by atoms with Crippen molar-refractivity contribution in [3.8, 4) is 0 Å². The van der Waals surface area contributed by atoms with Gasteiger partial charge in [0.2, 0.25) is 11.8 Å². The summed E-state index contributed by atoms with van der Waals surface area (Å²) in [6.07, 6.45) is 5.27. The van der Waals surface area contributed by atoms with Crippen molar-refractivity contribution in [3.05, 3.63) is 46.9 Å². The summed E-state index contributed by atoms with van der Waals surface area (Å²) in [5, 5.41) is 5.21. The fourth-order valence-electron chi connectivity index (χ4n) is 4.42. The second-order valence-corrected chi connectivity index (χ2v) is 7.89. The summed E-state index contributed by atoms with van der Waals surface area (Å²) in [4.78, 5) is 55.0. The zero-order valence-corrected chi connectivity index (χ0v) is 16.3. The van der Waals surface area contributed by atoms with Gasteiger partial charge < -0.3 is 14.8 Å². The molecule has 0 aliphatic carbocycles. The highest BCUT2D eigenvalue weighted by Crippen LogP contribution is 2.28. The quantitative estimate of drug-likeness (QED) is 0.743. The van der Waals surface area contributed by atoms with Crippen molar-refractivity contribution in [2.45, 2.75) is 51.2 Å². The third kappa shape index (κ3) is 3.06. The molecular weight excluding hydrogens is 386 g/mol. The van der Waals surface area contributed by atoms with E-state index in [4.69, 9.17) is 0 Å². The van der Waals surface area contributed by atoms with Crippen LogP contribution in [0.4, 0.5) is 5.82 Å². The van der Waals surface area contributed by atoms with E-state index in [2.05, 4.69) is 15.6 Å². The SMILES string of the molecule is O=C1CCC(N2Cc3cc(C(=O)Nc4cnc5n4CCCC5)ccc3C2=O)C(=O)N1. The number of nitrogens with one attached hydrogen (secondary N) is 2. The molecular formula is C21H21N5O4. The van der Waals surface area contributed by atoms with Crippen LogP contribution in [0.1, 0.15) is 57.8 Å². The van der Waals surface area contributed by atoms with Crippen molar-refractivity contribution < 1.29 is 19.2 Å². The van der Waals surface area contributed by atoms with Crippen LogP contribution in [0.3, 0.4) is 0 Å². The molecule has 1 saturated heterocycles. The number of imidazole rings is 1. The van der Waals surface area contributed by atoms with Gasteiger partial charge in [-0.1, -0.05) is 0 Å². The van der Waals surface area contributed by atoms with Crippen LogP contribution in [0.25, 0.3) is 0 Å². The van der Waals surface area contributed by atoms with E-state index in [1.165, 1.54) is 4.90 Å². The van der Waals surface area contributed by atoms with E-state index in [0.29, 0.717) is 28.9 Å². The second kappa shape index (κ2) is 7.08. The lowest BCUT2D eigenvalue weighted by atomic mass is 10.0. The van der Waals surface area contributed by atoms with Gasteiger partial charge in [0.25, 0.3) is 11.8 Å². The predicted molar refractivity (Wildman–Crippen MR) is 106 cm³/mol. The number of hydrogen-bond acceptors (Lipinski definition) is 5. The zero-order valence-electron chi connectivity index (χ0n) is 16.3. The molecule has 1 aromatic carbocycles. The van der Waals surface area contributed by atoms with Crippen LogP contribution in [-0.2, 0) is 29.1 Å². The molecule has 2 aromatic rings. The number of rotatable bonds is 3. The maximum absolute atomic E-state index is 12.8. The predicted octanol–water partition coefficient (Wildman–Crippen LogP) is 1.23. The number of aromatic nitrogens is 2. The smallest absolute Gasteiger partial charge is 0.256 e. The first kappa shape index (κ1) is 18.5. The fraction of sp³-hybridized carbons (Fsp3) is 0.381. The van der Waals surface area contributed by atoms with Crippen LogP contribution >= 0.6 is 0 Å². The number of aryl methyl sites for hydroxylation is 1. The van der Waals surface area contributed by atoms with Gasteiger partial charge in [-0.2, -0.15) is 0 Å². The molecule has 5 rings (SSSR count). The molecule has 4 amide bonds. The van der Waals surface area contributed by atoms with E-state index < -0.39 is 11.9 Å². The van der Waals surface area contributed by atoms with E-state index in [1.807, 2.05) is 4.57 Å². The standard InChI is InChI=1S/C21H21N5O4/c27-18-7-6-15(20(29)24-18)26-11-13-9-12(4-5-14(13)21(26)30)19(28)23-17-10-22-16-3-1-2-8-25(16)17/h4-5,9-10,15H,1-3,6-8,11H2,(H,23,28)(H,24,27,29). The van der Waals surface area contributed by atoms with Crippen LogP contribution in [0, 0.1) is 0 Å². The Labute approximate surface area is 172 Å². The van der Waals surface area contributed by atoms with Gasteiger partial charge in [0, 0.05) is 37.1 Å². The minimum atomic E-state index is -0.668. The third-order valence-corrected chi connectivity index (χ3v) is 6.00. The van der Waals surface area contributed by atoms with Crippen molar-refractivity contribution >= 4 is 29.4 Å². The van der Waals surface area contributed by atoms with Crippen molar-refractivity contribution in [3.63, 3.8) is 0 Å². The average Bonchev–Trinajstić information content (AvgIpc) is 3.29. The van der Waals surface area contributed by atoms with Crippen LogP contribution in [0.2, 0.25) is 0 Å². The zero-order chi connectivity index (χ0) is 20.8. The Kier molecular flexibility index (Phi) is 4.38. The van der Waals surface area contributed by atoms with E-state index in [-0.39, 0.29) is 30.7 Å². The Balaban J connectivity index is 1.34. The molecule has 1 atom stereocenters. The average molecular weight is 407 g/mol. The van der Waals surface area contributed by atoms with E-state index in [9.17, 15) is 19.2 Å². The highest BCUT2D eigenvalue weighted by Gasteiger charge is 2.39. The van der Waals surface area contributed by atoms with Crippen LogP contribution in [0.15, 0.2) is 24.4 Å². The van der Waals surface area contributed by atoms with Crippen molar-refractivity contribution in [1.29, 1.82) is 0 Å². The molecule has 0 radical (unpaired) electrons. The summed E-state index contributed by atoms with van der Waals surface area (Å²) in [6, 6.07) is 4.28. The topological polar surface area (TPSA) is 113 Å². The van der Waals surface area contributed by atoms with Gasteiger partial charge in [0.1, 0.15) is 17.7 Å². The van der Waals surface area contributed by atoms with Crippen molar-refractivity contribution in [1.82, 2.24) is 19.8 Å². The summed E-state index contributed by atoms with van der Waals surface area (Å²) in [5.41, 5.74) is 1.63. The molecule has 4 heterocycles. The fourth-order valence-corrected chi connectivity index (χ4v) is 4.42. The van der Waals surface area contributed by atoms with Gasteiger partial charge in [-0.3, -0.25) is 24.5 Å². The van der Waals surface area contributed by atoms with Gasteiger partial charge in [-0.05, 0) is 43.0 Å². The summed E-state index contributed by atoms with van der Waals surface area (Å²) in [6.45, 7) is 1.08. The highest BCUT2D eigenvalue weighted by atomic mass is 16.2. The van der Waals surface area contributed by atoms with Crippen molar-refractivity contribution in [2.24, 2.45) is 0 Å². The number of carbonyl (C=O) groups is 4. The molecule has 1 fully saturated rings. The van der Waals surface area contributed by atoms with Gasteiger partial charge in [-0.25, -0.2) is 4.98 Å². The second-order valence-electron chi connectivity index (χ2n) is 7.89. The van der Waals surface area contributed by atoms with Crippen LogP contribution in [-0.4, -0.2) is 44.1 Å². The molecule has 0 spiro atoms. The molecule has 1 unspecified atom stereocenters. The lowest BCUT2D eigenvalue weighted by Gasteiger charge is -2.29. The molecule has 3 aliphatic heterocycles. The molecule has 1 aromatic heterocycles. The number of hydrogen-bond donors (Lipinski definition) is 2. The number of fused-ring (bicyclic) bond motifs is 2.